The monoisotopic (exact) mass is 484 g/mol. The summed E-state index contributed by atoms with van der Waals surface area (Å²) < 4.78 is 34.5. The van der Waals surface area contributed by atoms with Crippen LogP contribution in [0.2, 0.25) is 0 Å². The first kappa shape index (κ1) is 21.2. The highest BCUT2D eigenvalue weighted by Gasteiger charge is 2.24. The maximum absolute atomic E-state index is 12.9. The Morgan fingerprint density at radius 1 is 1.18 bits per heavy atom. The van der Waals surface area contributed by atoms with E-state index >= 15 is 0 Å². The predicted molar refractivity (Wildman–Crippen MR) is 115 cm³/mol. The van der Waals surface area contributed by atoms with Gasteiger partial charge in [0.05, 0.1) is 23.7 Å². The standard InChI is InChI=1S/C19H21BrN2O4S2/c1-13-11-14(3-5-17(13)20)21-28(24,25)15-4-6-18(27-2)16(12-15)19(23)22-7-9-26-10-8-22/h3-6,11-12,21H,7-10H2,1-2H3. The van der Waals surface area contributed by atoms with Crippen molar-refractivity contribution in [1.82, 2.24) is 4.90 Å². The van der Waals surface area contributed by atoms with Crippen LogP contribution in [0.1, 0.15) is 15.9 Å². The maximum atomic E-state index is 12.9. The lowest BCUT2D eigenvalue weighted by molar-refractivity contribution is 0.0300. The number of hydrogen-bond donors (Lipinski definition) is 1. The molecule has 150 valence electrons. The minimum Gasteiger partial charge on any atom is -0.378 e. The molecule has 1 fully saturated rings. The minimum atomic E-state index is -3.82. The number of nitrogens with one attached hydrogen (secondary N) is 1. The molecule has 1 aliphatic rings. The molecule has 0 unspecified atom stereocenters. The topological polar surface area (TPSA) is 75.7 Å². The van der Waals surface area contributed by atoms with Crippen LogP contribution in [0.3, 0.4) is 0 Å². The summed E-state index contributed by atoms with van der Waals surface area (Å²) in [6.45, 7) is 3.86. The number of nitrogens with zero attached hydrogens (tertiary/aromatic N) is 1. The molecule has 2 aromatic carbocycles. The Hall–Kier alpha value is -1.55. The number of hydrogen-bond acceptors (Lipinski definition) is 5. The highest BCUT2D eigenvalue weighted by atomic mass is 79.9. The lowest BCUT2D eigenvalue weighted by atomic mass is 10.2. The Morgan fingerprint density at radius 2 is 1.89 bits per heavy atom. The van der Waals surface area contributed by atoms with Gasteiger partial charge in [0.25, 0.3) is 15.9 Å². The molecule has 1 heterocycles. The number of anilines is 1. The van der Waals surface area contributed by atoms with E-state index < -0.39 is 10.0 Å². The largest absolute Gasteiger partial charge is 0.378 e. The zero-order chi connectivity index (χ0) is 20.3. The van der Waals surface area contributed by atoms with E-state index in [1.54, 1.807) is 29.2 Å². The van der Waals surface area contributed by atoms with Crippen molar-refractivity contribution in [3.05, 3.63) is 52.0 Å². The molecule has 0 atom stereocenters. The molecule has 0 aliphatic carbocycles. The highest BCUT2D eigenvalue weighted by molar-refractivity contribution is 9.10. The summed E-state index contributed by atoms with van der Waals surface area (Å²) in [5.74, 6) is -0.177. The Labute approximate surface area is 177 Å². The van der Waals surface area contributed by atoms with Crippen molar-refractivity contribution in [1.29, 1.82) is 0 Å². The fourth-order valence-electron chi connectivity index (χ4n) is 2.88. The zero-order valence-corrected chi connectivity index (χ0v) is 18.8. The summed E-state index contributed by atoms with van der Waals surface area (Å²) in [6.07, 6.45) is 1.86. The first-order valence-corrected chi connectivity index (χ1v) is 12.2. The number of benzene rings is 2. The van der Waals surface area contributed by atoms with E-state index in [9.17, 15) is 13.2 Å². The molecule has 1 amide bonds. The molecule has 0 bridgehead atoms. The van der Waals surface area contributed by atoms with Crippen molar-refractivity contribution in [3.8, 4) is 0 Å². The molecule has 1 aliphatic heterocycles. The number of rotatable bonds is 5. The van der Waals surface area contributed by atoms with E-state index in [-0.39, 0.29) is 10.8 Å². The third-order valence-electron chi connectivity index (χ3n) is 4.42. The number of aryl methyl sites for hydroxylation is 1. The molecule has 0 saturated carbocycles. The van der Waals surface area contributed by atoms with Gasteiger partial charge in [0.15, 0.2) is 0 Å². The number of ether oxygens (including phenoxy) is 1. The van der Waals surface area contributed by atoms with Crippen molar-refractivity contribution < 1.29 is 17.9 Å². The van der Waals surface area contributed by atoms with Gasteiger partial charge in [-0.25, -0.2) is 8.42 Å². The van der Waals surface area contributed by atoms with Gasteiger partial charge in [-0.05, 0) is 55.1 Å². The lowest BCUT2D eigenvalue weighted by Crippen LogP contribution is -2.40. The van der Waals surface area contributed by atoms with Crippen LogP contribution in [0, 0.1) is 6.92 Å². The van der Waals surface area contributed by atoms with Crippen LogP contribution in [0.4, 0.5) is 5.69 Å². The van der Waals surface area contributed by atoms with Crippen LogP contribution in [0.25, 0.3) is 0 Å². The van der Waals surface area contributed by atoms with Crippen molar-refractivity contribution in [3.63, 3.8) is 0 Å². The Kier molecular flexibility index (Phi) is 6.69. The molecule has 3 rings (SSSR count). The molecule has 0 aromatic heterocycles. The van der Waals surface area contributed by atoms with E-state index in [0.29, 0.717) is 37.6 Å². The van der Waals surface area contributed by atoms with Crippen molar-refractivity contribution in [2.75, 3.05) is 37.3 Å². The van der Waals surface area contributed by atoms with Crippen molar-refractivity contribution in [2.45, 2.75) is 16.7 Å². The van der Waals surface area contributed by atoms with Crippen LogP contribution in [-0.4, -0.2) is 51.8 Å². The molecule has 6 nitrogen and oxygen atoms in total. The normalized spacial score (nSPS) is 14.8. The number of carbonyl (C=O) groups excluding carboxylic acids is 1. The first-order valence-electron chi connectivity index (χ1n) is 8.66. The van der Waals surface area contributed by atoms with Gasteiger partial charge in [-0.2, -0.15) is 0 Å². The van der Waals surface area contributed by atoms with E-state index in [1.165, 1.54) is 23.9 Å². The Morgan fingerprint density at radius 3 is 2.54 bits per heavy atom. The second-order valence-electron chi connectivity index (χ2n) is 6.34. The third-order valence-corrected chi connectivity index (χ3v) is 7.48. The molecular formula is C19H21BrN2O4S2. The van der Waals surface area contributed by atoms with Gasteiger partial charge < -0.3 is 9.64 Å². The van der Waals surface area contributed by atoms with Gasteiger partial charge in [-0.3, -0.25) is 9.52 Å². The van der Waals surface area contributed by atoms with E-state index in [0.717, 1.165) is 14.9 Å². The second-order valence-corrected chi connectivity index (χ2v) is 9.72. The summed E-state index contributed by atoms with van der Waals surface area (Å²) in [5, 5.41) is 0. The molecule has 1 saturated heterocycles. The molecule has 1 N–H and O–H groups in total. The third kappa shape index (κ3) is 4.71. The van der Waals surface area contributed by atoms with Gasteiger partial charge in [0.1, 0.15) is 0 Å². The van der Waals surface area contributed by atoms with E-state index in [1.807, 2.05) is 13.2 Å². The quantitative estimate of drug-likeness (QED) is 0.653. The molecule has 9 heteroatoms. The lowest BCUT2D eigenvalue weighted by Gasteiger charge is -2.27. The fraction of sp³-hybridized carbons (Fsp3) is 0.316. The van der Waals surface area contributed by atoms with Gasteiger partial charge in [0.2, 0.25) is 0 Å². The number of sulfonamides is 1. The Balaban J connectivity index is 1.92. The van der Waals surface area contributed by atoms with Gasteiger partial charge >= 0.3 is 0 Å². The number of halogens is 1. The van der Waals surface area contributed by atoms with Crippen LogP contribution < -0.4 is 4.72 Å². The second kappa shape index (κ2) is 8.86. The van der Waals surface area contributed by atoms with E-state index in [4.69, 9.17) is 4.74 Å². The SMILES string of the molecule is CSc1ccc(S(=O)(=O)Nc2ccc(Br)c(C)c2)cc1C(=O)N1CCOCC1. The van der Waals surface area contributed by atoms with Crippen molar-refractivity contribution in [2.24, 2.45) is 0 Å². The van der Waals surface area contributed by atoms with E-state index in [2.05, 4.69) is 20.7 Å². The van der Waals surface area contributed by atoms with Crippen molar-refractivity contribution >= 4 is 49.3 Å². The number of thioether (sulfide) groups is 1. The predicted octanol–water partition coefficient (Wildman–Crippen LogP) is 3.75. The molecule has 0 radical (unpaired) electrons. The van der Waals surface area contributed by atoms with Gasteiger partial charge in [0, 0.05) is 28.1 Å². The zero-order valence-electron chi connectivity index (χ0n) is 15.6. The average Bonchev–Trinajstić information content (AvgIpc) is 2.70. The highest BCUT2D eigenvalue weighted by Crippen LogP contribution is 2.27. The Bertz CT molecular complexity index is 989. The number of carbonyl (C=O) groups is 1. The summed E-state index contributed by atoms with van der Waals surface area (Å²) in [7, 11) is -3.82. The van der Waals surface area contributed by atoms with Crippen LogP contribution in [0.15, 0.2) is 50.7 Å². The number of morpholine rings is 1. The smallest absolute Gasteiger partial charge is 0.261 e. The number of amides is 1. The molecule has 2 aromatic rings. The molecular weight excluding hydrogens is 464 g/mol. The average molecular weight is 485 g/mol. The minimum absolute atomic E-state index is 0.0579. The fourth-order valence-corrected chi connectivity index (χ4v) is 4.77. The first-order chi connectivity index (χ1) is 13.3. The van der Waals surface area contributed by atoms with Crippen LogP contribution in [0.5, 0.6) is 0 Å². The summed E-state index contributed by atoms with van der Waals surface area (Å²) in [5.41, 5.74) is 1.78. The summed E-state index contributed by atoms with van der Waals surface area (Å²) in [6, 6.07) is 9.88. The summed E-state index contributed by atoms with van der Waals surface area (Å²) in [4.78, 5) is 15.4. The van der Waals surface area contributed by atoms with Gasteiger partial charge in [-0.1, -0.05) is 15.9 Å². The summed E-state index contributed by atoms with van der Waals surface area (Å²) >= 11 is 4.82. The van der Waals surface area contributed by atoms with Crippen LogP contribution in [-0.2, 0) is 14.8 Å². The molecule has 28 heavy (non-hydrogen) atoms. The van der Waals surface area contributed by atoms with Crippen LogP contribution >= 0.6 is 27.7 Å². The van der Waals surface area contributed by atoms with Gasteiger partial charge in [-0.15, -0.1) is 11.8 Å². The molecule has 0 spiro atoms. The maximum Gasteiger partial charge on any atom is 0.261 e.